The fourth-order valence-corrected chi connectivity index (χ4v) is 0.958. The lowest BCUT2D eigenvalue weighted by Crippen LogP contribution is -2.14. The van der Waals surface area contributed by atoms with Gasteiger partial charge in [-0.2, -0.15) is 5.26 Å². The van der Waals surface area contributed by atoms with Gasteiger partial charge in [0.1, 0.15) is 11.9 Å². The van der Waals surface area contributed by atoms with E-state index in [2.05, 4.69) is 0 Å². The molecule has 0 aliphatic heterocycles. The SMILES string of the molecule is N#Cc1ccc(C(N)CO)cc1F. The number of aliphatic hydroxyl groups is 1. The van der Waals surface area contributed by atoms with E-state index in [4.69, 9.17) is 16.1 Å². The lowest BCUT2D eigenvalue weighted by molar-refractivity contribution is 0.268. The third kappa shape index (κ3) is 2.02. The van der Waals surface area contributed by atoms with E-state index in [0.717, 1.165) is 0 Å². The minimum absolute atomic E-state index is 0.0195. The maximum atomic E-state index is 13.0. The third-order valence-electron chi connectivity index (χ3n) is 1.74. The van der Waals surface area contributed by atoms with Gasteiger partial charge in [-0.3, -0.25) is 0 Å². The molecule has 0 aliphatic carbocycles. The van der Waals surface area contributed by atoms with Crippen molar-refractivity contribution in [1.82, 2.24) is 0 Å². The van der Waals surface area contributed by atoms with Gasteiger partial charge in [-0.25, -0.2) is 4.39 Å². The summed E-state index contributed by atoms with van der Waals surface area (Å²) in [5.41, 5.74) is 5.92. The molecule has 1 aromatic carbocycles. The molecule has 1 rings (SSSR count). The highest BCUT2D eigenvalue weighted by molar-refractivity contribution is 5.34. The van der Waals surface area contributed by atoms with Gasteiger partial charge in [0.2, 0.25) is 0 Å². The van der Waals surface area contributed by atoms with Gasteiger partial charge in [0.15, 0.2) is 0 Å². The first kappa shape index (κ1) is 9.65. The van der Waals surface area contributed by atoms with Crippen LogP contribution in [0.5, 0.6) is 0 Å². The number of rotatable bonds is 2. The molecule has 0 amide bonds. The summed E-state index contributed by atoms with van der Waals surface area (Å²) < 4.78 is 13.0. The molecule has 68 valence electrons. The van der Waals surface area contributed by atoms with E-state index < -0.39 is 11.9 Å². The van der Waals surface area contributed by atoms with Crippen molar-refractivity contribution < 1.29 is 9.50 Å². The first-order chi connectivity index (χ1) is 6.19. The van der Waals surface area contributed by atoms with Crippen LogP contribution < -0.4 is 5.73 Å². The number of hydrogen-bond acceptors (Lipinski definition) is 3. The number of benzene rings is 1. The largest absolute Gasteiger partial charge is 0.394 e. The zero-order valence-corrected chi connectivity index (χ0v) is 6.87. The highest BCUT2D eigenvalue weighted by Gasteiger charge is 2.07. The lowest BCUT2D eigenvalue weighted by Gasteiger charge is -2.08. The number of nitrogens with zero attached hydrogens (tertiary/aromatic N) is 1. The van der Waals surface area contributed by atoms with Crippen LogP contribution in [0.1, 0.15) is 17.2 Å². The number of hydrogen-bond donors (Lipinski definition) is 2. The Morgan fingerprint density at radius 3 is 2.77 bits per heavy atom. The number of halogens is 1. The molecule has 1 unspecified atom stereocenters. The second kappa shape index (κ2) is 3.99. The molecule has 13 heavy (non-hydrogen) atoms. The zero-order valence-electron chi connectivity index (χ0n) is 6.87. The average molecular weight is 180 g/mol. The molecule has 0 heterocycles. The smallest absolute Gasteiger partial charge is 0.141 e. The molecule has 0 saturated carbocycles. The normalized spacial score (nSPS) is 12.2. The predicted molar refractivity (Wildman–Crippen MR) is 45.1 cm³/mol. The Morgan fingerprint density at radius 1 is 1.62 bits per heavy atom. The standard InChI is InChI=1S/C9H9FN2O/c10-8-3-6(9(12)5-13)1-2-7(8)4-11/h1-3,9,13H,5,12H2. The first-order valence-corrected chi connectivity index (χ1v) is 3.75. The molecule has 0 fully saturated rings. The van der Waals surface area contributed by atoms with Crippen LogP contribution in [-0.4, -0.2) is 11.7 Å². The van der Waals surface area contributed by atoms with Crippen molar-refractivity contribution in [1.29, 1.82) is 5.26 Å². The molecule has 4 heteroatoms. The van der Waals surface area contributed by atoms with Crippen molar-refractivity contribution in [3.05, 3.63) is 35.1 Å². The van der Waals surface area contributed by atoms with Gasteiger partial charge in [-0.15, -0.1) is 0 Å². The van der Waals surface area contributed by atoms with Crippen LogP contribution in [0.15, 0.2) is 18.2 Å². The Kier molecular flexibility index (Phi) is 2.96. The summed E-state index contributed by atoms with van der Waals surface area (Å²) >= 11 is 0. The van der Waals surface area contributed by atoms with Gasteiger partial charge in [-0.05, 0) is 17.7 Å². The Morgan fingerprint density at radius 2 is 2.31 bits per heavy atom. The van der Waals surface area contributed by atoms with Crippen LogP contribution in [0.25, 0.3) is 0 Å². The maximum Gasteiger partial charge on any atom is 0.141 e. The molecule has 0 bridgehead atoms. The summed E-state index contributed by atoms with van der Waals surface area (Å²) in [5.74, 6) is -0.607. The molecule has 0 spiro atoms. The van der Waals surface area contributed by atoms with Gasteiger partial charge in [-0.1, -0.05) is 6.07 Å². The molecule has 0 aromatic heterocycles. The highest BCUT2D eigenvalue weighted by Crippen LogP contribution is 2.14. The molecular formula is C9H9FN2O. The second-order valence-electron chi connectivity index (χ2n) is 2.64. The van der Waals surface area contributed by atoms with Crippen molar-refractivity contribution in [2.45, 2.75) is 6.04 Å². The van der Waals surface area contributed by atoms with Gasteiger partial charge >= 0.3 is 0 Å². The summed E-state index contributed by atoms with van der Waals surface area (Å²) in [6, 6.07) is 5.15. The summed E-state index contributed by atoms with van der Waals surface area (Å²) in [7, 11) is 0. The van der Waals surface area contributed by atoms with Crippen LogP contribution in [-0.2, 0) is 0 Å². The number of nitrogens with two attached hydrogens (primary N) is 1. The van der Waals surface area contributed by atoms with Gasteiger partial charge in [0.25, 0.3) is 0 Å². The van der Waals surface area contributed by atoms with Crippen LogP contribution in [0.2, 0.25) is 0 Å². The van der Waals surface area contributed by atoms with E-state index in [0.29, 0.717) is 5.56 Å². The zero-order chi connectivity index (χ0) is 9.84. The second-order valence-corrected chi connectivity index (χ2v) is 2.64. The minimum Gasteiger partial charge on any atom is -0.394 e. The summed E-state index contributed by atoms with van der Waals surface area (Å²) in [5, 5.41) is 17.1. The van der Waals surface area contributed by atoms with Crippen LogP contribution in [0, 0.1) is 17.1 Å². The third-order valence-corrected chi connectivity index (χ3v) is 1.74. The lowest BCUT2D eigenvalue weighted by atomic mass is 10.1. The summed E-state index contributed by atoms with van der Waals surface area (Å²) in [6.45, 7) is -0.245. The van der Waals surface area contributed by atoms with E-state index >= 15 is 0 Å². The van der Waals surface area contributed by atoms with Crippen LogP contribution in [0.3, 0.4) is 0 Å². The van der Waals surface area contributed by atoms with Crippen LogP contribution >= 0.6 is 0 Å². The quantitative estimate of drug-likeness (QED) is 0.703. The molecule has 0 radical (unpaired) electrons. The Balaban J connectivity index is 3.04. The predicted octanol–water partition coefficient (Wildman–Crippen LogP) is 0.689. The summed E-state index contributed by atoms with van der Waals surface area (Å²) in [6.07, 6.45) is 0. The van der Waals surface area contributed by atoms with E-state index in [9.17, 15) is 4.39 Å². The molecular weight excluding hydrogens is 171 g/mol. The molecule has 1 atom stereocenters. The van der Waals surface area contributed by atoms with Gasteiger partial charge < -0.3 is 10.8 Å². The van der Waals surface area contributed by atoms with Crippen molar-refractivity contribution in [3.8, 4) is 6.07 Å². The van der Waals surface area contributed by atoms with Gasteiger partial charge in [0.05, 0.1) is 18.2 Å². The number of nitriles is 1. The molecule has 3 nitrogen and oxygen atoms in total. The average Bonchev–Trinajstić information content (AvgIpc) is 2.16. The van der Waals surface area contributed by atoms with Crippen molar-refractivity contribution in [2.24, 2.45) is 5.73 Å². The Hall–Kier alpha value is -1.44. The van der Waals surface area contributed by atoms with E-state index in [-0.39, 0.29) is 12.2 Å². The maximum absolute atomic E-state index is 13.0. The fourth-order valence-electron chi connectivity index (χ4n) is 0.958. The van der Waals surface area contributed by atoms with E-state index in [1.54, 1.807) is 6.07 Å². The van der Waals surface area contributed by atoms with Crippen molar-refractivity contribution in [2.75, 3.05) is 6.61 Å². The molecule has 1 aromatic rings. The fraction of sp³-hybridized carbons (Fsp3) is 0.222. The Bertz CT molecular complexity index is 346. The van der Waals surface area contributed by atoms with E-state index in [1.165, 1.54) is 18.2 Å². The number of aliphatic hydroxyl groups excluding tert-OH is 1. The molecule has 0 aliphatic rings. The van der Waals surface area contributed by atoms with E-state index in [1.807, 2.05) is 0 Å². The Labute approximate surface area is 75.2 Å². The van der Waals surface area contributed by atoms with Gasteiger partial charge in [0, 0.05) is 0 Å². The monoisotopic (exact) mass is 180 g/mol. The first-order valence-electron chi connectivity index (χ1n) is 3.75. The van der Waals surface area contributed by atoms with Crippen LogP contribution in [0.4, 0.5) is 4.39 Å². The minimum atomic E-state index is -0.607. The highest BCUT2D eigenvalue weighted by atomic mass is 19.1. The van der Waals surface area contributed by atoms with Crippen molar-refractivity contribution in [3.63, 3.8) is 0 Å². The summed E-state index contributed by atoms with van der Waals surface area (Å²) in [4.78, 5) is 0. The molecule has 3 N–H and O–H groups in total. The molecule has 0 saturated heterocycles. The van der Waals surface area contributed by atoms with Crippen molar-refractivity contribution >= 4 is 0 Å². The topological polar surface area (TPSA) is 70.0 Å².